The molecule has 0 aliphatic carbocycles. The Kier molecular flexibility index (Phi) is 7.10. The maximum absolute atomic E-state index is 5.38. The van der Waals surface area contributed by atoms with E-state index in [1.807, 2.05) is 36.4 Å². The van der Waals surface area contributed by atoms with Crippen molar-refractivity contribution in [2.24, 2.45) is 0 Å². The molecule has 0 fully saturated rings. The van der Waals surface area contributed by atoms with Gasteiger partial charge in [-0.3, -0.25) is 0 Å². The normalized spacial score (nSPS) is 11.3. The van der Waals surface area contributed by atoms with Crippen LogP contribution in [0.25, 0.3) is 83.8 Å². The first kappa shape index (κ1) is 28.6. The molecule has 0 bridgehead atoms. The van der Waals surface area contributed by atoms with Gasteiger partial charge in [0.15, 0.2) is 5.82 Å². The van der Waals surface area contributed by atoms with Gasteiger partial charge in [0.25, 0.3) is 0 Å². The van der Waals surface area contributed by atoms with E-state index in [1.165, 1.54) is 5.39 Å². The van der Waals surface area contributed by atoms with Crippen LogP contribution >= 0.6 is 0 Å². The average molecular weight is 627 g/mol. The third kappa shape index (κ3) is 5.26. The lowest BCUT2D eigenvalue weighted by atomic mass is 9.96. The number of pyridine rings is 1. The minimum Gasteiger partial charge on any atom is -0.231 e. The summed E-state index contributed by atoms with van der Waals surface area (Å²) in [5.74, 6) is 0.683. The topological polar surface area (TPSA) is 43.1 Å². The second-order valence-corrected chi connectivity index (χ2v) is 12.1. The van der Waals surface area contributed by atoms with Crippen LogP contribution < -0.4 is 0 Å². The Morgan fingerprint density at radius 2 is 0.878 bits per heavy atom. The molecule has 3 aromatic heterocycles. The fourth-order valence-electron chi connectivity index (χ4n) is 6.65. The Morgan fingerprint density at radius 1 is 0.388 bits per heavy atom. The van der Waals surface area contributed by atoms with Gasteiger partial charge in [-0.1, -0.05) is 170 Å². The SMILES string of the molecule is c1ccc(-c2cc(-c3ccccc3)nc(-c3ccc(-c4nn5c(-c6ccccc6)cc6ccccc6c5c4-c4ccccc4)cc3)n2)cc1. The standard InChI is InChI=1S/C45H30N4/c1-5-15-31(16-6-1)39-30-40(32-17-7-2-8-18-32)47-45(46-39)36-27-25-35(26-28-36)43-42(34-21-11-4-12-22-34)44-38-24-14-13-23-37(38)29-41(49(44)48-43)33-19-9-3-10-20-33/h1-30H. The molecule has 0 saturated heterocycles. The van der Waals surface area contributed by atoms with E-state index in [2.05, 4.69) is 150 Å². The highest BCUT2D eigenvalue weighted by Gasteiger charge is 2.21. The molecule has 4 nitrogen and oxygen atoms in total. The number of hydrogen-bond donors (Lipinski definition) is 0. The van der Waals surface area contributed by atoms with Crippen molar-refractivity contribution in [3.63, 3.8) is 0 Å². The Morgan fingerprint density at radius 3 is 1.47 bits per heavy atom. The number of nitrogens with zero attached hydrogens (tertiary/aromatic N) is 4. The van der Waals surface area contributed by atoms with Crippen molar-refractivity contribution in [2.75, 3.05) is 0 Å². The summed E-state index contributed by atoms with van der Waals surface area (Å²) in [6.07, 6.45) is 0. The molecule has 0 spiro atoms. The summed E-state index contributed by atoms with van der Waals surface area (Å²) in [6.45, 7) is 0. The second-order valence-electron chi connectivity index (χ2n) is 12.1. The van der Waals surface area contributed by atoms with Crippen LogP contribution in [-0.2, 0) is 0 Å². The Hall–Kier alpha value is -6.65. The molecule has 0 unspecified atom stereocenters. The Labute approximate surface area is 284 Å². The van der Waals surface area contributed by atoms with E-state index >= 15 is 0 Å². The molecule has 6 aromatic carbocycles. The molecule has 4 heteroatoms. The van der Waals surface area contributed by atoms with Crippen LogP contribution in [0.4, 0.5) is 0 Å². The van der Waals surface area contributed by atoms with Crippen LogP contribution in [0.2, 0.25) is 0 Å². The average Bonchev–Trinajstić information content (AvgIpc) is 3.60. The zero-order valence-electron chi connectivity index (χ0n) is 26.6. The first-order chi connectivity index (χ1) is 24.3. The third-order valence-electron chi connectivity index (χ3n) is 9.04. The monoisotopic (exact) mass is 626 g/mol. The summed E-state index contributed by atoms with van der Waals surface area (Å²) in [5.41, 5.74) is 12.3. The van der Waals surface area contributed by atoms with Gasteiger partial charge in [-0.05, 0) is 23.1 Å². The molecule has 49 heavy (non-hydrogen) atoms. The number of fused-ring (bicyclic) bond motifs is 3. The van der Waals surface area contributed by atoms with Crippen molar-refractivity contribution in [1.82, 2.24) is 19.6 Å². The molecule has 230 valence electrons. The second kappa shape index (κ2) is 12.2. The smallest absolute Gasteiger partial charge is 0.160 e. The molecular weight excluding hydrogens is 597 g/mol. The highest BCUT2D eigenvalue weighted by molar-refractivity contribution is 6.08. The first-order valence-electron chi connectivity index (χ1n) is 16.5. The van der Waals surface area contributed by atoms with Gasteiger partial charge in [0, 0.05) is 38.8 Å². The number of benzene rings is 6. The van der Waals surface area contributed by atoms with Gasteiger partial charge in [0.05, 0.1) is 22.6 Å². The quantitative estimate of drug-likeness (QED) is 0.184. The van der Waals surface area contributed by atoms with Crippen LogP contribution in [0.15, 0.2) is 182 Å². The molecule has 3 heterocycles. The van der Waals surface area contributed by atoms with Crippen LogP contribution in [0.3, 0.4) is 0 Å². The minimum absolute atomic E-state index is 0.683. The summed E-state index contributed by atoms with van der Waals surface area (Å²) >= 11 is 0. The molecule has 0 aliphatic heterocycles. The number of aromatic nitrogens is 4. The van der Waals surface area contributed by atoms with Gasteiger partial charge in [0.2, 0.25) is 0 Å². The van der Waals surface area contributed by atoms with Gasteiger partial charge < -0.3 is 0 Å². The fraction of sp³-hybridized carbons (Fsp3) is 0. The summed E-state index contributed by atoms with van der Waals surface area (Å²) in [5, 5.41) is 7.72. The minimum atomic E-state index is 0.683. The zero-order chi connectivity index (χ0) is 32.6. The lowest BCUT2D eigenvalue weighted by Crippen LogP contribution is -1.96. The highest BCUT2D eigenvalue weighted by atomic mass is 15.2. The molecule has 0 aliphatic rings. The van der Waals surface area contributed by atoms with Gasteiger partial charge in [-0.15, -0.1) is 0 Å². The molecule has 0 radical (unpaired) electrons. The summed E-state index contributed by atoms with van der Waals surface area (Å²) in [6, 6.07) is 63.1. The van der Waals surface area contributed by atoms with Gasteiger partial charge >= 0.3 is 0 Å². The maximum Gasteiger partial charge on any atom is 0.160 e. The van der Waals surface area contributed by atoms with Crippen molar-refractivity contribution in [3.8, 4) is 67.5 Å². The van der Waals surface area contributed by atoms with Crippen molar-refractivity contribution < 1.29 is 0 Å². The van der Waals surface area contributed by atoms with Gasteiger partial charge in [-0.2, -0.15) is 5.10 Å². The van der Waals surface area contributed by atoms with E-state index in [0.717, 1.165) is 72.6 Å². The summed E-state index contributed by atoms with van der Waals surface area (Å²) in [7, 11) is 0. The van der Waals surface area contributed by atoms with Crippen LogP contribution in [-0.4, -0.2) is 19.6 Å². The van der Waals surface area contributed by atoms with E-state index in [0.29, 0.717) is 5.82 Å². The third-order valence-corrected chi connectivity index (χ3v) is 9.04. The number of hydrogen-bond acceptors (Lipinski definition) is 3. The van der Waals surface area contributed by atoms with E-state index in [1.54, 1.807) is 0 Å². The summed E-state index contributed by atoms with van der Waals surface area (Å²) < 4.78 is 2.13. The fourth-order valence-corrected chi connectivity index (χ4v) is 6.65. The van der Waals surface area contributed by atoms with Crippen molar-refractivity contribution >= 4 is 16.3 Å². The molecule has 0 amide bonds. The van der Waals surface area contributed by atoms with Gasteiger partial charge in [-0.25, -0.2) is 14.5 Å². The molecule has 0 saturated carbocycles. The van der Waals surface area contributed by atoms with E-state index < -0.39 is 0 Å². The van der Waals surface area contributed by atoms with Crippen molar-refractivity contribution in [2.45, 2.75) is 0 Å². The summed E-state index contributed by atoms with van der Waals surface area (Å²) in [4.78, 5) is 10.1. The molecular formula is C45H30N4. The maximum atomic E-state index is 5.38. The van der Waals surface area contributed by atoms with E-state index in [9.17, 15) is 0 Å². The first-order valence-corrected chi connectivity index (χ1v) is 16.5. The lowest BCUT2D eigenvalue weighted by molar-refractivity contribution is 0.979. The van der Waals surface area contributed by atoms with E-state index in [-0.39, 0.29) is 0 Å². The predicted octanol–water partition coefficient (Wildman–Crippen LogP) is 11.3. The van der Waals surface area contributed by atoms with E-state index in [4.69, 9.17) is 15.1 Å². The van der Waals surface area contributed by atoms with Crippen LogP contribution in [0.1, 0.15) is 0 Å². The molecule has 0 atom stereocenters. The molecule has 9 aromatic rings. The molecule has 0 N–H and O–H groups in total. The Bertz CT molecular complexity index is 2500. The van der Waals surface area contributed by atoms with Crippen molar-refractivity contribution in [3.05, 3.63) is 182 Å². The Balaban J connectivity index is 1.24. The lowest BCUT2D eigenvalue weighted by Gasteiger charge is -2.11. The van der Waals surface area contributed by atoms with Crippen molar-refractivity contribution in [1.29, 1.82) is 0 Å². The highest BCUT2D eigenvalue weighted by Crippen LogP contribution is 2.41. The van der Waals surface area contributed by atoms with Gasteiger partial charge in [0.1, 0.15) is 5.69 Å². The van der Waals surface area contributed by atoms with Crippen LogP contribution in [0.5, 0.6) is 0 Å². The van der Waals surface area contributed by atoms with Crippen LogP contribution in [0, 0.1) is 0 Å². The number of rotatable bonds is 6. The zero-order valence-corrected chi connectivity index (χ0v) is 26.6. The predicted molar refractivity (Wildman–Crippen MR) is 201 cm³/mol. The molecule has 9 rings (SSSR count). The largest absolute Gasteiger partial charge is 0.231 e.